The zero-order valence-electron chi connectivity index (χ0n) is 16.3. The van der Waals surface area contributed by atoms with Crippen LogP contribution in [0.1, 0.15) is 18.4 Å². The average Bonchev–Trinajstić information content (AvgIpc) is 3.30. The van der Waals surface area contributed by atoms with Crippen molar-refractivity contribution in [3.63, 3.8) is 0 Å². The molecule has 2 saturated carbocycles. The van der Waals surface area contributed by atoms with Crippen molar-refractivity contribution in [2.24, 2.45) is 11.8 Å². The number of H-pyrrole nitrogens is 1. The molecular formula is C21H15Cl2N5O4. The van der Waals surface area contributed by atoms with E-state index in [2.05, 4.69) is 15.4 Å². The number of benzene rings is 2. The summed E-state index contributed by atoms with van der Waals surface area (Å²) in [5.74, 6) is 1.41. The molecule has 0 bridgehead atoms. The van der Waals surface area contributed by atoms with Crippen LogP contribution < -0.4 is 27.0 Å². The number of nitrogen functional groups attached to an aromatic ring is 1. The molecule has 2 fully saturated rings. The van der Waals surface area contributed by atoms with E-state index in [1.54, 1.807) is 6.07 Å². The summed E-state index contributed by atoms with van der Waals surface area (Å²) in [4.78, 5) is 38.2. The minimum absolute atomic E-state index is 0.0573. The average molecular weight is 472 g/mol. The number of rotatable bonds is 3. The smallest absolute Gasteiger partial charge is 0.349 e. The van der Waals surface area contributed by atoms with Gasteiger partial charge in [-0.15, -0.1) is 5.10 Å². The van der Waals surface area contributed by atoms with Crippen molar-refractivity contribution in [1.82, 2.24) is 14.8 Å². The number of aromatic amines is 1. The summed E-state index contributed by atoms with van der Waals surface area (Å²) in [6.07, 6.45) is 1.94. The van der Waals surface area contributed by atoms with Gasteiger partial charge in [0.15, 0.2) is 5.75 Å². The van der Waals surface area contributed by atoms with Crippen LogP contribution in [-0.2, 0) is 10.2 Å². The number of carbonyl (C=O) groups is 1. The van der Waals surface area contributed by atoms with E-state index in [-0.39, 0.29) is 33.2 Å². The Bertz CT molecular complexity index is 1440. The molecule has 2 aromatic carbocycles. The summed E-state index contributed by atoms with van der Waals surface area (Å²) in [6, 6.07) is 8.26. The number of anilines is 2. The zero-order valence-corrected chi connectivity index (χ0v) is 17.8. The Labute approximate surface area is 190 Å². The molecular weight excluding hydrogens is 457 g/mol. The molecule has 4 N–H and O–H groups in total. The van der Waals surface area contributed by atoms with Crippen LogP contribution in [0.4, 0.5) is 11.5 Å². The van der Waals surface area contributed by atoms with Gasteiger partial charge in [0.05, 0.1) is 21.1 Å². The highest BCUT2D eigenvalue weighted by atomic mass is 35.5. The van der Waals surface area contributed by atoms with Gasteiger partial charge in [0.2, 0.25) is 11.7 Å². The Morgan fingerprint density at radius 2 is 1.91 bits per heavy atom. The number of halogens is 2. The Kier molecular flexibility index (Phi) is 3.86. The highest BCUT2D eigenvalue weighted by Crippen LogP contribution is 2.70. The maximum atomic E-state index is 12.6. The maximum absolute atomic E-state index is 12.6. The monoisotopic (exact) mass is 471 g/mol. The van der Waals surface area contributed by atoms with E-state index in [9.17, 15) is 14.4 Å². The first-order valence-corrected chi connectivity index (χ1v) is 10.7. The van der Waals surface area contributed by atoms with Gasteiger partial charge in [-0.3, -0.25) is 14.6 Å². The molecule has 3 aromatic rings. The van der Waals surface area contributed by atoms with E-state index < -0.39 is 16.7 Å². The van der Waals surface area contributed by atoms with Crippen molar-refractivity contribution in [3.05, 3.63) is 66.8 Å². The molecule has 2 heterocycles. The quantitative estimate of drug-likeness (QED) is 0.537. The lowest BCUT2D eigenvalue weighted by Gasteiger charge is -2.35. The van der Waals surface area contributed by atoms with Crippen molar-refractivity contribution in [2.45, 2.75) is 18.3 Å². The van der Waals surface area contributed by atoms with Crippen LogP contribution in [0, 0.1) is 11.8 Å². The van der Waals surface area contributed by atoms with Crippen molar-refractivity contribution >= 4 is 40.6 Å². The fraction of sp³-hybridized carbons (Fsp3) is 0.238. The lowest BCUT2D eigenvalue weighted by Crippen LogP contribution is -2.43. The molecule has 0 saturated heterocycles. The zero-order chi connectivity index (χ0) is 22.4. The Morgan fingerprint density at radius 3 is 2.56 bits per heavy atom. The molecule has 3 unspecified atom stereocenters. The van der Waals surface area contributed by atoms with Crippen LogP contribution in [0.5, 0.6) is 11.5 Å². The van der Waals surface area contributed by atoms with Crippen LogP contribution in [0.3, 0.4) is 0 Å². The van der Waals surface area contributed by atoms with E-state index in [0.29, 0.717) is 17.6 Å². The second-order valence-corrected chi connectivity index (χ2v) is 9.15. The highest BCUT2D eigenvalue weighted by molar-refractivity contribution is 6.37. The van der Waals surface area contributed by atoms with Gasteiger partial charge >= 0.3 is 5.69 Å². The number of nitrogens with two attached hydrogens (primary N) is 1. The number of nitrogens with one attached hydrogen (secondary N) is 2. The van der Waals surface area contributed by atoms with Gasteiger partial charge in [-0.1, -0.05) is 23.2 Å². The third kappa shape index (κ3) is 2.58. The molecule has 6 rings (SSSR count). The number of carbonyl (C=O) groups excluding carboxylic acids is 1. The third-order valence-electron chi connectivity index (χ3n) is 6.57. The van der Waals surface area contributed by atoms with E-state index in [1.165, 1.54) is 12.1 Å². The molecule has 11 heteroatoms. The van der Waals surface area contributed by atoms with Crippen LogP contribution in [0.25, 0.3) is 5.69 Å². The standard InChI is InChI=1S/C21H15Cl2N5O4/c22-13-4-9(28-20(31)26-18(29)17(24)27-28)5-14(23)16(13)32-10-1-2-15-12(6-10)21(19(30)25-15)7-8-3-11(8)21/h1-2,4-6,8,11H,3,7H2,(H2,24,27)(H,25,30)(H,26,29,31). The van der Waals surface area contributed by atoms with Crippen molar-refractivity contribution < 1.29 is 9.53 Å². The fourth-order valence-electron chi connectivity index (χ4n) is 4.94. The van der Waals surface area contributed by atoms with Crippen LogP contribution in [0.2, 0.25) is 10.0 Å². The summed E-state index contributed by atoms with van der Waals surface area (Å²) in [5.41, 5.74) is 5.44. The predicted octanol–water partition coefficient (Wildman–Crippen LogP) is 2.83. The fourth-order valence-corrected chi connectivity index (χ4v) is 5.50. The number of amides is 1. The van der Waals surface area contributed by atoms with Crippen molar-refractivity contribution in [3.8, 4) is 17.2 Å². The summed E-state index contributed by atoms with van der Waals surface area (Å²) in [7, 11) is 0. The van der Waals surface area contributed by atoms with Gasteiger partial charge in [0, 0.05) is 5.69 Å². The summed E-state index contributed by atoms with van der Waals surface area (Å²) >= 11 is 12.8. The number of ether oxygens (including phenoxy) is 1. The summed E-state index contributed by atoms with van der Waals surface area (Å²) in [5, 5.41) is 7.00. The number of nitrogens with zero attached hydrogens (tertiary/aromatic N) is 2. The highest BCUT2D eigenvalue weighted by Gasteiger charge is 2.70. The molecule has 9 nitrogen and oxygen atoms in total. The Hall–Kier alpha value is -3.30. The van der Waals surface area contributed by atoms with Gasteiger partial charge in [0.1, 0.15) is 5.75 Å². The first-order chi connectivity index (χ1) is 15.3. The van der Waals surface area contributed by atoms with Crippen molar-refractivity contribution in [1.29, 1.82) is 0 Å². The Morgan fingerprint density at radius 1 is 1.16 bits per heavy atom. The second-order valence-electron chi connectivity index (χ2n) is 8.34. The van der Waals surface area contributed by atoms with Crippen molar-refractivity contribution in [2.75, 3.05) is 11.1 Å². The summed E-state index contributed by atoms with van der Waals surface area (Å²) in [6.45, 7) is 0. The molecule has 3 atom stereocenters. The maximum Gasteiger partial charge on any atom is 0.349 e. The van der Waals surface area contributed by atoms with Crippen LogP contribution in [-0.4, -0.2) is 20.7 Å². The third-order valence-corrected chi connectivity index (χ3v) is 7.13. The lowest BCUT2D eigenvalue weighted by molar-refractivity contribution is -0.124. The minimum atomic E-state index is -0.787. The Balaban J connectivity index is 1.36. The van der Waals surface area contributed by atoms with E-state index in [0.717, 1.165) is 28.8 Å². The van der Waals surface area contributed by atoms with Gasteiger partial charge in [0.25, 0.3) is 5.56 Å². The predicted molar refractivity (Wildman–Crippen MR) is 118 cm³/mol. The van der Waals surface area contributed by atoms with Gasteiger partial charge in [-0.25, -0.2) is 4.79 Å². The number of hydrogen-bond acceptors (Lipinski definition) is 6. The lowest BCUT2D eigenvalue weighted by atomic mass is 9.65. The molecule has 1 spiro atoms. The first-order valence-electron chi connectivity index (χ1n) is 9.90. The molecule has 162 valence electrons. The molecule has 2 aliphatic carbocycles. The summed E-state index contributed by atoms with van der Waals surface area (Å²) < 4.78 is 6.87. The number of aromatic nitrogens is 3. The SMILES string of the molecule is Nc1nn(-c2cc(Cl)c(Oc3ccc4c(c3)C3(CC5CC53)C(=O)N4)c(Cl)c2)c(=O)[nH]c1=O. The number of hydrogen-bond donors (Lipinski definition) is 3. The van der Waals surface area contributed by atoms with E-state index in [4.69, 9.17) is 33.7 Å². The normalized spacial score (nSPS) is 24.5. The molecule has 0 radical (unpaired) electrons. The van der Waals surface area contributed by atoms with Crippen LogP contribution >= 0.6 is 23.2 Å². The second kappa shape index (κ2) is 6.36. The molecule has 1 aliphatic heterocycles. The molecule has 3 aliphatic rings. The largest absolute Gasteiger partial charge is 0.454 e. The molecule has 1 aromatic heterocycles. The first kappa shape index (κ1) is 19.4. The van der Waals surface area contributed by atoms with Gasteiger partial charge in [-0.05, 0) is 60.6 Å². The van der Waals surface area contributed by atoms with Crippen LogP contribution in [0.15, 0.2) is 39.9 Å². The number of fused-ring (bicyclic) bond motifs is 4. The topological polar surface area (TPSA) is 132 Å². The molecule has 32 heavy (non-hydrogen) atoms. The minimum Gasteiger partial charge on any atom is -0.454 e. The van der Waals surface area contributed by atoms with E-state index in [1.807, 2.05) is 12.1 Å². The van der Waals surface area contributed by atoms with Gasteiger partial charge < -0.3 is 15.8 Å². The van der Waals surface area contributed by atoms with Gasteiger partial charge in [-0.2, -0.15) is 4.68 Å². The van der Waals surface area contributed by atoms with E-state index >= 15 is 0 Å². The molecule has 1 amide bonds.